The van der Waals surface area contributed by atoms with Crippen LogP contribution in [0.5, 0.6) is 0 Å². The van der Waals surface area contributed by atoms with Crippen LogP contribution in [0.3, 0.4) is 0 Å². The Kier molecular flexibility index (Phi) is 4.63. The van der Waals surface area contributed by atoms with Crippen molar-refractivity contribution in [3.8, 4) is 0 Å². The van der Waals surface area contributed by atoms with Crippen molar-refractivity contribution in [2.45, 2.75) is 51.2 Å². The summed E-state index contributed by atoms with van der Waals surface area (Å²) in [6.45, 7) is 5.21. The average molecular weight is 265 g/mol. The highest BCUT2D eigenvalue weighted by Crippen LogP contribution is 2.43. The van der Waals surface area contributed by atoms with Gasteiger partial charge in [0.25, 0.3) is 0 Å². The van der Waals surface area contributed by atoms with Gasteiger partial charge < -0.3 is 10.1 Å². The highest BCUT2D eigenvalue weighted by atomic mass is 16.5. The van der Waals surface area contributed by atoms with Crippen LogP contribution in [0.4, 0.5) is 0 Å². The van der Waals surface area contributed by atoms with E-state index in [1.807, 2.05) is 25.0 Å². The molecule has 1 fully saturated rings. The first kappa shape index (κ1) is 14.5. The number of hydrogen-bond acceptors (Lipinski definition) is 3. The minimum Gasteiger partial charge on any atom is -0.373 e. The molecule has 0 saturated heterocycles. The Balaban J connectivity index is 2.25. The fourth-order valence-electron chi connectivity index (χ4n) is 3.38. The van der Waals surface area contributed by atoms with E-state index in [1.54, 1.807) is 0 Å². The summed E-state index contributed by atoms with van der Waals surface area (Å²) in [4.78, 5) is 0. The molecule has 1 aliphatic carbocycles. The third kappa shape index (κ3) is 3.00. The van der Waals surface area contributed by atoms with Gasteiger partial charge in [-0.3, -0.25) is 4.68 Å². The number of nitrogens with zero attached hydrogens (tertiary/aromatic N) is 2. The largest absolute Gasteiger partial charge is 0.373 e. The standard InChI is InChI=1S/C15H27N3O/c1-5-19-15(8-6-12(2)7-9-15)14(16-3)13-10-17-18(4)11-13/h10-12,14,16H,5-9H2,1-4H3. The molecule has 2 rings (SSSR count). The molecule has 0 radical (unpaired) electrons. The normalized spacial score (nSPS) is 29.4. The van der Waals surface area contributed by atoms with E-state index in [0.717, 1.165) is 25.4 Å². The molecule has 1 aliphatic rings. The lowest BCUT2D eigenvalue weighted by Crippen LogP contribution is -2.47. The van der Waals surface area contributed by atoms with Crippen molar-refractivity contribution in [3.05, 3.63) is 18.0 Å². The summed E-state index contributed by atoms with van der Waals surface area (Å²) in [6.07, 6.45) is 8.81. The summed E-state index contributed by atoms with van der Waals surface area (Å²) >= 11 is 0. The number of rotatable bonds is 5. The Morgan fingerprint density at radius 3 is 2.68 bits per heavy atom. The van der Waals surface area contributed by atoms with Gasteiger partial charge in [0.2, 0.25) is 0 Å². The lowest BCUT2D eigenvalue weighted by atomic mass is 9.74. The summed E-state index contributed by atoms with van der Waals surface area (Å²) in [5.74, 6) is 0.819. The molecule has 4 heteroatoms. The summed E-state index contributed by atoms with van der Waals surface area (Å²) in [6, 6.07) is 0.230. The SMILES string of the molecule is CCOC1(C(NC)c2cnn(C)c2)CCC(C)CC1. The molecule has 0 spiro atoms. The molecular weight excluding hydrogens is 238 g/mol. The second kappa shape index (κ2) is 6.06. The van der Waals surface area contributed by atoms with Gasteiger partial charge in [0, 0.05) is 25.4 Å². The van der Waals surface area contributed by atoms with E-state index in [1.165, 1.54) is 18.4 Å². The maximum Gasteiger partial charge on any atom is 0.0877 e. The Hall–Kier alpha value is -0.870. The quantitative estimate of drug-likeness (QED) is 0.889. The van der Waals surface area contributed by atoms with Crippen molar-refractivity contribution in [3.63, 3.8) is 0 Å². The van der Waals surface area contributed by atoms with Gasteiger partial charge in [0.1, 0.15) is 0 Å². The second-order valence-electron chi connectivity index (χ2n) is 5.85. The van der Waals surface area contributed by atoms with Gasteiger partial charge in [0.05, 0.1) is 17.8 Å². The molecule has 1 N–H and O–H groups in total. The van der Waals surface area contributed by atoms with E-state index in [2.05, 4.69) is 30.5 Å². The number of likely N-dealkylation sites (N-methyl/N-ethyl adjacent to an activating group) is 1. The minimum absolute atomic E-state index is 0.0704. The maximum absolute atomic E-state index is 6.24. The van der Waals surface area contributed by atoms with Crippen molar-refractivity contribution in [1.82, 2.24) is 15.1 Å². The molecule has 0 amide bonds. The summed E-state index contributed by atoms with van der Waals surface area (Å²) in [7, 11) is 3.99. The molecule has 1 aromatic heterocycles. The number of hydrogen-bond donors (Lipinski definition) is 1. The molecule has 19 heavy (non-hydrogen) atoms. The Labute approximate surface area is 116 Å². The van der Waals surface area contributed by atoms with E-state index < -0.39 is 0 Å². The highest BCUT2D eigenvalue weighted by Gasteiger charge is 2.42. The molecule has 1 aromatic rings. The molecule has 1 unspecified atom stereocenters. The first-order valence-corrected chi connectivity index (χ1v) is 7.41. The Morgan fingerprint density at radius 1 is 1.53 bits per heavy atom. The molecule has 108 valence electrons. The molecule has 1 heterocycles. The van der Waals surface area contributed by atoms with E-state index >= 15 is 0 Å². The van der Waals surface area contributed by atoms with E-state index in [-0.39, 0.29) is 11.6 Å². The highest BCUT2D eigenvalue weighted by molar-refractivity contribution is 5.17. The van der Waals surface area contributed by atoms with Crippen LogP contribution < -0.4 is 5.32 Å². The monoisotopic (exact) mass is 265 g/mol. The molecular formula is C15H27N3O. The van der Waals surface area contributed by atoms with Crippen molar-refractivity contribution in [2.75, 3.05) is 13.7 Å². The predicted octanol–water partition coefficient (Wildman–Crippen LogP) is 2.67. The van der Waals surface area contributed by atoms with Crippen molar-refractivity contribution in [1.29, 1.82) is 0 Å². The van der Waals surface area contributed by atoms with Gasteiger partial charge >= 0.3 is 0 Å². The van der Waals surface area contributed by atoms with Crippen LogP contribution >= 0.6 is 0 Å². The Bertz CT molecular complexity index is 394. The first-order valence-electron chi connectivity index (χ1n) is 7.41. The summed E-state index contributed by atoms with van der Waals surface area (Å²) in [5, 5.41) is 7.77. The fourth-order valence-corrected chi connectivity index (χ4v) is 3.38. The van der Waals surface area contributed by atoms with E-state index in [9.17, 15) is 0 Å². The van der Waals surface area contributed by atoms with Crippen LogP contribution in [0.1, 0.15) is 51.1 Å². The minimum atomic E-state index is -0.0704. The third-order valence-electron chi connectivity index (χ3n) is 4.43. The zero-order chi connectivity index (χ0) is 13.9. The van der Waals surface area contributed by atoms with E-state index in [4.69, 9.17) is 4.74 Å². The third-order valence-corrected chi connectivity index (χ3v) is 4.43. The number of aromatic nitrogens is 2. The van der Waals surface area contributed by atoms with Gasteiger partial charge in [-0.05, 0) is 45.6 Å². The predicted molar refractivity (Wildman–Crippen MR) is 77.0 cm³/mol. The Morgan fingerprint density at radius 2 is 2.21 bits per heavy atom. The summed E-state index contributed by atoms with van der Waals surface area (Å²) < 4.78 is 8.10. The lowest BCUT2D eigenvalue weighted by Gasteiger charge is -2.44. The average Bonchev–Trinajstić information content (AvgIpc) is 2.81. The molecule has 1 atom stereocenters. The number of aryl methyl sites for hydroxylation is 1. The van der Waals surface area contributed by atoms with Crippen LogP contribution in [0.2, 0.25) is 0 Å². The van der Waals surface area contributed by atoms with Crippen LogP contribution in [0, 0.1) is 5.92 Å². The number of ether oxygens (including phenoxy) is 1. The number of nitrogens with one attached hydrogen (secondary N) is 1. The second-order valence-corrected chi connectivity index (χ2v) is 5.85. The molecule has 4 nitrogen and oxygen atoms in total. The van der Waals surface area contributed by atoms with Gasteiger partial charge in [-0.15, -0.1) is 0 Å². The smallest absolute Gasteiger partial charge is 0.0877 e. The van der Waals surface area contributed by atoms with Crippen molar-refractivity contribution < 1.29 is 4.74 Å². The molecule has 0 aliphatic heterocycles. The van der Waals surface area contributed by atoms with Crippen molar-refractivity contribution >= 4 is 0 Å². The molecule has 1 saturated carbocycles. The van der Waals surface area contributed by atoms with Crippen LogP contribution in [-0.4, -0.2) is 29.0 Å². The van der Waals surface area contributed by atoms with Crippen LogP contribution in [-0.2, 0) is 11.8 Å². The fraction of sp³-hybridized carbons (Fsp3) is 0.800. The zero-order valence-corrected chi connectivity index (χ0v) is 12.6. The van der Waals surface area contributed by atoms with Crippen LogP contribution in [0.15, 0.2) is 12.4 Å². The zero-order valence-electron chi connectivity index (χ0n) is 12.6. The van der Waals surface area contributed by atoms with Gasteiger partial charge in [0.15, 0.2) is 0 Å². The molecule has 0 aromatic carbocycles. The van der Waals surface area contributed by atoms with Crippen LogP contribution in [0.25, 0.3) is 0 Å². The lowest BCUT2D eigenvalue weighted by molar-refractivity contribution is -0.0962. The molecule has 0 bridgehead atoms. The van der Waals surface area contributed by atoms with Gasteiger partial charge in [-0.1, -0.05) is 6.92 Å². The van der Waals surface area contributed by atoms with Crippen molar-refractivity contribution in [2.24, 2.45) is 13.0 Å². The summed E-state index contributed by atoms with van der Waals surface area (Å²) in [5.41, 5.74) is 1.16. The maximum atomic E-state index is 6.24. The topological polar surface area (TPSA) is 39.1 Å². The first-order chi connectivity index (χ1) is 9.11. The van der Waals surface area contributed by atoms with Gasteiger partial charge in [-0.2, -0.15) is 5.10 Å². The van der Waals surface area contributed by atoms with E-state index in [0.29, 0.717) is 0 Å². The van der Waals surface area contributed by atoms with Gasteiger partial charge in [-0.25, -0.2) is 0 Å².